The molecule has 106 valence electrons. The van der Waals surface area contributed by atoms with Crippen LogP contribution >= 0.6 is 39.3 Å². The first kappa shape index (κ1) is 15.6. The van der Waals surface area contributed by atoms with Gasteiger partial charge in [0.05, 0.1) is 5.02 Å². The highest BCUT2D eigenvalue weighted by Gasteiger charge is 2.29. The third-order valence-corrected chi connectivity index (χ3v) is 6.07. The van der Waals surface area contributed by atoms with Crippen LogP contribution in [0.25, 0.3) is 0 Å². The minimum absolute atomic E-state index is 0.0537. The standard InChI is InChI=1S/C14H18BrClFNS/c1-2-7-18-14(11-4-3-8-19-11)9-5-6-10(15)12(16)13(9)17/h5-6,11,14,18H,2-4,7-8H2,1H3. The predicted octanol–water partition coefficient (Wildman–Crippen LogP) is 5.18. The molecule has 2 atom stereocenters. The van der Waals surface area contributed by atoms with Gasteiger partial charge in [-0.15, -0.1) is 0 Å². The summed E-state index contributed by atoms with van der Waals surface area (Å²) in [5, 5.41) is 4.11. The van der Waals surface area contributed by atoms with Crippen molar-refractivity contribution in [1.82, 2.24) is 5.32 Å². The molecule has 2 rings (SSSR count). The van der Waals surface area contributed by atoms with E-state index in [2.05, 4.69) is 28.2 Å². The van der Waals surface area contributed by atoms with Gasteiger partial charge in [0, 0.05) is 21.3 Å². The number of halogens is 3. The van der Waals surface area contributed by atoms with Crippen molar-refractivity contribution in [2.75, 3.05) is 12.3 Å². The van der Waals surface area contributed by atoms with E-state index >= 15 is 0 Å². The fraction of sp³-hybridized carbons (Fsp3) is 0.571. The summed E-state index contributed by atoms with van der Waals surface area (Å²) >= 11 is 11.2. The second kappa shape index (κ2) is 7.30. The Labute approximate surface area is 131 Å². The summed E-state index contributed by atoms with van der Waals surface area (Å²) in [6.45, 7) is 3.02. The van der Waals surface area contributed by atoms with Crippen molar-refractivity contribution < 1.29 is 4.39 Å². The average molecular weight is 367 g/mol. The van der Waals surface area contributed by atoms with Crippen LogP contribution in [0.3, 0.4) is 0 Å². The van der Waals surface area contributed by atoms with E-state index in [1.807, 2.05) is 23.9 Å². The molecule has 1 aromatic rings. The minimum atomic E-state index is -0.294. The lowest BCUT2D eigenvalue weighted by molar-refractivity contribution is 0.477. The summed E-state index contributed by atoms with van der Waals surface area (Å²) in [7, 11) is 0. The van der Waals surface area contributed by atoms with Gasteiger partial charge in [-0.3, -0.25) is 0 Å². The second-order valence-corrected chi connectivity index (χ2v) is 7.33. The van der Waals surface area contributed by atoms with E-state index in [0.717, 1.165) is 19.4 Å². The lowest BCUT2D eigenvalue weighted by Gasteiger charge is -2.25. The first-order chi connectivity index (χ1) is 9.15. The van der Waals surface area contributed by atoms with Gasteiger partial charge >= 0.3 is 0 Å². The highest BCUT2D eigenvalue weighted by molar-refractivity contribution is 9.10. The van der Waals surface area contributed by atoms with Crippen LogP contribution in [-0.2, 0) is 0 Å². The molecule has 1 saturated heterocycles. The molecule has 0 aliphatic carbocycles. The van der Waals surface area contributed by atoms with Crippen molar-refractivity contribution in [3.63, 3.8) is 0 Å². The third kappa shape index (κ3) is 3.66. The van der Waals surface area contributed by atoms with Gasteiger partial charge in [-0.05, 0) is 53.6 Å². The fourth-order valence-electron chi connectivity index (χ4n) is 2.39. The monoisotopic (exact) mass is 365 g/mol. The fourth-order valence-corrected chi connectivity index (χ4v) is 4.27. The molecule has 1 heterocycles. The number of thioether (sulfide) groups is 1. The summed E-state index contributed by atoms with van der Waals surface area (Å²) in [5.41, 5.74) is 0.695. The van der Waals surface area contributed by atoms with Crippen LogP contribution in [-0.4, -0.2) is 17.5 Å². The molecule has 1 aliphatic heterocycles. The summed E-state index contributed by atoms with van der Waals surface area (Å²) in [4.78, 5) is 0. The quantitative estimate of drug-likeness (QED) is 0.721. The van der Waals surface area contributed by atoms with Gasteiger partial charge in [0.15, 0.2) is 0 Å². The molecule has 1 fully saturated rings. The van der Waals surface area contributed by atoms with Crippen molar-refractivity contribution in [2.45, 2.75) is 37.5 Å². The lowest BCUT2D eigenvalue weighted by Crippen LogP contribution is -2.30. The van der Waals surface area contributed by atoms with Gasteiger partial charge in [-0.1, -0.05) is 24.6 Å². The summed E-state index contributed by atoms with van der Waals surface area (Å²) in [5.74, 6) is 0.873. The zero-order chi connectivity index (χ0) is 13.8. The van der Waals surface area contributed by atoms with Gasteiger partial charge in [-0.2, -0.15) is 11.8 Å². The normalized spacial score (nSPS) is 20.7. The van der Waals surface area contributed by atoms with Crippen molar-refractivity contribution in [2.24, 2.45) is 0 Å². The van der Waals surface area contributed by atoms with Gasteiger partial charge in [0.25, 0.3) is 0 Å². The van der Waals surface area contributed by atoms with Crippen LogP contribution in [0.5, 0.6) is 0 Å². The van der Waals surface area contributed by atoms with Crippen molar-refractivity contribution in [3.05, 3.63) is 33.0 Å². The largest absolute Gasteiger partial charge is 0.309 e. The Hall–Kier alpha value is 0.230. The molecule has 1 N–H and O–H groups in total. The van der Waals surface area contributed by atoms with E-state index < -0.39 is 0 Å². The Balaban J connectivity index is 2.28. The molecule has 19 heavy (non-hydrogen) atoms. The van der Waals surface area contributed by atoms with Crippen molar-refractivity contribution in [1.29, 1.82) is 0 Å². The summed E-state index contributed by atoms with van der Waals surface area (Å²) < 4.78 is 15.0. The number of rotatable bonds is 5. The maximum Gasteiger partial charge on any atom is 0.147 e. The zero-order valence-electron chi connectivity index (χ0n) is 10.9. The Bertz CT molecular complexity index is 438. The summed E-state index contributed by atoms with van der Waals surface area (Å²) in [6, 6.07) is 3.73. The minimum Gasteiger partial charge on any atom is -0.309 e. The third-order valence-electron chi connectivity index (χ3n) is 3.35. The van der Waals surface area contributed by atoms with Crippen LogP contribution in [0.4, 0.5) is 4.39 Å². The first-order valence-electron chi connectivity index (χ1n) is 6.63. The van der Waals surface area contributed by atoms with Gasteiger partial charge in [-0.25, -0.2) is 4.39 Å². The molecule has 0 spiro atoms. The molecule has 2 unspecified atom stereocenters. The van der Waals surface area contributed by atoms with Crippen molar-refractivity contribution in [3.8, 4) is 0 Å². The number of hydrogen-bond donors (Lipinski definition) is 1. The number of nitrogens with one attached hydrogen (secondary N) is 1. The van der Waals surface area contributed by atoms with E-state index in [1.165, 1.54) is 12.2 Å². The Morgan fingerprint density at radius 3 is 3.00 bits per heavy atom. The van der Waals surface area contributed by atoms with Gasteiger partial charge in [0.1, 0.15) is 5.82 Å². The van der Waals surface area contributed by atoms with Crippen LogP contribution < -0.4 is 5.32 Å². The van der Waals surface area contributed by atoms with Crippen LogP contribution in [0.15, 0.2) is 16.6 Å². The predicted molar refractivity (Wildman–Crippen MR) is 85.6 cm³/mol. The van der Waals surface area contributed by atoms with Crippen LogP contribution in [0, 0.1) is 5.82 Å². The van der Waals surface area contributed by atoms with E-state index in [4.69, 9.17) is 11.6 Å². The maximum atomic E-state index is 14.4. The average Bonchev–Trinajstić information content (AvgIpc) is 2.92. The second-order valence-electron chi connectivity index (χ2n) is 4.75. The Morgan fingerprint density at radius 1 is 1.58 bits per heavy atom. The molecule has 0 saturated carbocycles. The van der Waals surface area contributed by atoms with Gasteiger partial charge in [0.2, 0.25) is 0 Å². The van der Waals surface area contributed by atoms with E-state index in [9.17, 15) is 4.39 Å². The molecular weight excluding hydrogens is 349 g/mol. The molecule has 0 radical (unpaired) electrons. The molecule has 5 heteroatoms. The lowest BCUT2D eigenvalue weighted by atomic mass is 10.00. The maximum absolute atomic E-state index is 14.4. The molecule has 0 bridgehead atoms. The highest BCUT2D eigenvalue weighted by Crippen LogP contribution is 2.39. The topological polar surface area (TPSA) is 12.0 Å². The SMILES string of the molecule is CCCNC(c1ccc(Br)c(Cl)c1F)C1CCCS1. The molecule has 1 aliphatic rings. The van der Waals surface area contributed by atoms with Gasteiger partial charge < -0.3 is 5.32 Å². The molecular formula is C14H18BrClFNS. The molecule has 1 aromatic carbocycles. The molecule has 1 nitrogen and oxygen atoms in total. The Kier molecular flexibility index (Phi) is 6.00. The van der Waals surface area contributed by atoms with E-state index in [0.29, 0.717) is 15.3 Å². The molecule has 0 amide bonds. The van der Waals surface area contributed by atoms with Crippen LogP contribution in [0.2, 0.25) is 5.02 Å². The van der Waals surface area contributed by atoms with E-state index in [1.54, 1.807) is 0 Å². The highest BCUT2D eigenvalue weighted by atomic mass is 79.9. The first-order valence-corrected chi connectivity index (χ1v) is 8.85. The van der Waals surface area contributed by atoms with Crippen molar-refractivity contribution >= 4 is 39.3 Å². The summed E-state index contributed by atoms with van der Waals surface area (Å²) in [6.07, 6.45) is 3.39. The number of hydrogen-bond acceptors (Lipinski definition) is 2. The van der Waals surface area contributed by atoms with E-state index in [-0.39, 0.29) is 16.9 Å². The van der Waals surface area contributed by atoms with Crippen LogP contribution in [0.1, 0.15) is 37.8 Å². The number of benzene rings is 1. The Morgan fingerprint density at radius 2 is 2.37 bits per heavy atom. The zero-order valence-corrected chi connectivity index (χ0v) is 14.0. The molecule has 0 aromatic heterocycles. The smallest absolute Gasteiger partial charge is 0.147 e.